The maximum Gasteiger partial charge on any atom is 0.318 e. The minimum atomic E-state index is -4.74. The van der Waals surface area contributed by atoms with Crippen LogP contribution in [0.4, 0.5) is 30.7 Å². The van der Waals surface area contributed by atoms with E-state index in [0.717, 1.165) is 55.6 Å². The smallest absolute Gasteiger partial charge is 0.318 e. The predicted octanol–water partition coefficient (Wildman–Crippen LogP) is 10.2. The lowest BCUT2D eigenvalue weighted by Gasteiger charge is -2.42. The van der Waals surface area contributed by atoms with Crippen LogP contribution in [-0.2, 0) is 5.67 Å². The van der Waals surface area contributed by atoms with E-state index in [1.165, 1.54) is 30.3 Å². The summed E-state index contributed by atoms with van der Waals surface area (Å²) in [7, 11) is 1.06. The van der Waals surface area contributed by atoms with Crippen LogP contribution in [0.5, 0.6) is 5.75 Å². The van der Waals surface area contributed by atoms with E-state index >= 15 is 17.6 Å². The molecule has 0 bridgehead atoms. The zero-order valence-electron chi connectivity index (χ0n) is 20.9. The lowest BCUT2D eigenvalue weighted by atomic mass is 9.68. The molecule has 210 valence electrons. The van der Waals surface area contributed by atoms with Gasteiger partial charge in [0.1, 0.15) is 17.5 Å². The fraction of sp³-hybridized carbons (Fsp3) is 0.0968. The summed E-state index contributed by atoms with van der Waals surface area (Å²) >= 11 is 11.7. The predicted molar refractivity (Wildman–Crippen MR) is 145 cm³/mol. The summed E-state index contributed by atoms with van der Waals surface area (Å²) in [6.45, 7) is 0. The van der Waals surface area contributed by atoms with Gasteiger partial charge in [-0.1, -0.05) is 71.7 Å². The molecule has 1 aliphatic rings. The van der Waals surface area contributed by atoms with E-state index in [1.807, 2.05) is 0 Å². The molecular weight excluding hydrogens is 592 g/mol. The maximum atomic E-state index is 17.9. The molecule has 0 heterocycles. The van der Waals surface area contributed by atoms with Crippen LogP contribution in [0, 0.1) is 17.5 Å². The largest absolute Gasteiger partial charge is 0.494 e. The number of allylic oxidation sites excluding steroid dienone is 4. The summed E-state index contributed by atoms with van der Waals surface area (Å²) in [6.07, 6.45) is 0. The van der Waals surface area contributed by atoms with Gasteiger partial charge in [-0.05, 0) is 53.1 Å². The summed E-state index contributed by atoms with van der Waals surface area (Å²) in [5.74, 6) is -9.91. The van der Waals surface area contributed by atoms with Crippen molar-refractivity contribution in [1.82, 2.24) is 0 Å². The van der Waals surface area contributed by atoms with Gasteiger partial charge in [-0.2, -0.15) is 8.78 Å². The number of alkyl halides is 3. The van der Waals surface area contributed by atoms with Crippen molar-refractivity contribution < 1.29 is 35.5 Å². The van der Waals surface area contributed by atoms with Gasteiger partial charge in [-0.15, -0.1) is 0 Å². The first-order valence-corrected chi connectivity index (χ1v) is 12.7. The molecule has 0 amide bonds. The molecule has 0 saturated carbocycles. The number of ether oxygens (including phenoxy) is 1. The van der Waals surface area contributed by atoms with Gasteiger partial charge < -0.3 is 4.74 Å². The quantitative estimate of drug-likeness (QED) is 0.205. The first kappa shape index (κ1) is 28.8. The third-order valence-corrected chi connectivity index (χ3v) is 7.40. The molecule has 0 fully saturated rings. The molecule has 0 saturated heterocycles. The van der Waals surface area contributed by atoms with Gasteiger partial charge in [0.05, 0.1) is 22.7 Å². The normalized spacial score (nSPS) is 18.6. The van der Waals surface area contributed by atoms with Crippen molar-refractivity contribution in [2.24, 2.45) is 0 Å². The van der Waals surface area contributed by atoms with E-state index in [9.17, 15) is 13.2 Å². The van der Waals surface area contributed by atoms with E-state index in [1.54, 1.807) is 0 Å². The number of hydrogen-bond donors (Lipinski definition) is 0. The van der Waals surface area contributed by atoms with Gasteiger partial charge in [0.25, 0.3) is 0 Å². The number of methoxy groups -OCH3 is 1. The van der Waals surface area contributed by atoms with Crippen molar-refractivity contribution in [3.8, 4) is 5.75 Å². The van der Waals surface area contributed by atoms with Gasteiger partial charge in [-0.3, -0.25) is 0 Å². The SMILES string of the molecule is COc1cc(C2(F)C(c3ccccc3)=C(c3ccc(F)c(Cl)c3)C(F)=C(c3ccc(Cl)c(F)c3)C2(F)F)ccc1F. The lowest BCUT2D eigenvalue weighted by Crippen LogP contribution is -2.46. The topological polar surface area (TPSA) is 9.23 Å². The van der Waals surface area contributed by atoms with Crippen LogP contribution in [0.3, 0.4) is 0 Å². The van der Waals surface area contributed by atoms with Crippen LogP contribution in [0.1, 0.15) is 22.3 Å². The minimum Gasteiger partial charge on any atom is -0.494 e. The molecule has 5 rings (SSSR count). The molecular formula is C31H17Cl2F7O. The van der Waals surface area contributed by atoms with Crippen molar-refractivity contribution in [3.63, 3.8) is 0 Å². The number of benzene rings is 4. The van der Waals surface area contributed by atoms with Gasteiger partial charge >= 0.3 is 5.92 Å². The molecule has 0 aromatic heterocycles. The third-order valence-electron chi connectivity index (χ3n) is 6.81. The van der Waals surface area contributed by atoms with Crippen LogP contribution in [0.15, 0.2) is 90.8 Å². The van der Waals surface area contributed by atoms with E-state index in [-0.39, 0.29) is 11.1 Å². The Kier molecular flexibility index (Phi) is 7.42. The summed E-state index contributed by atoms with van der Waals surface area (Å²) < 4.78 is 116. The fourth-order valence-corrected chi connectivity index (χ4v) is 5.20. The van der Waals surface area contributed by atoms with Crippen molar-refractivity contribution >= 4 is 39.9 Å². The van der Waals surface area contributed by atoms with Gasteiger partial charge in [-0.25, -0.2) is 22.0 Å². The van der Waals surface area contributed by atoms with Crippen molar-refractivity contribution in [2.75, 3.05) is 7.11 Å². The molecule has 4 aromatic carbocycles. The van der Waals surface area contributed by atoms with E-state index in [4.69, 9.17) is 27.9 Å². The number of halogens is 9. The Bertz CT molecular complexity index is 1730. The second kappa shape index (κ2) is 10.6. The Morgan fingerprint density at radius 1 is 0.610 bits per heavy atom. The Labute approximate surface area is 240 Å². The van der Waals surface area contributed by atoms with Crippen molar-refractivity contribution in [3.05, 3.63) is 141 Å². The molecule has 1 nitrogen and oxygen atoms in total. The van der Waals surface area contributed by atoms with E-state index in [2.05, 4.69) is 0 Å². The van der Waals surface area contributed by atoms with Crippen LogP contribution in [0.2, 0.25) is 10.0 Å². The second-order valence-corrected chi connectivity index (χ2v) is 9.96. The van der Waals surface area contributed by atoms with Gasteiger partial charge in [0.15, 0.2) is 11.6 Å². The van der Waals surface area contributed by atoms with Crippen LogP contribution >= 0.6 is 23.2 Å². The Morgan fingerprint density at radius 3 is 1.90 bits per heavy atom. The Balaban J connectivity index is 2.00. The summed E-state index contributed by atoms with van der Waals surface area (Å²) in [5, 5.41) is -0.922. The maximum absolute atomic E-state index is 17.9. The molecule has 0 radical (unpaired) electrons. The third kappa shape index (κ3) is 4.59. The zero-order valence-corrected chi connectivity index (χ0v) is 22.4. The molecule has 0 aliphatic heterocycles. The summed E-state index contributed by atoms with van der Waals surface area (Å²) in [6, 6.07) is 14.5. The fourth-order valence-electron chi connectivity index (χ4n) is 4.90. The highest BCUT2D eigenvalue weighted by molar-refractivity contribution is 6.31. The Morgan fingerprint density at radius 2 is 1.27 bits per heavy atom. The number of hydrogen-bond acceptors (Lipinski definition) is 1. The van der Waals surface area contributed by atoms with Crippen LogP contribution in [0.25, 0.3) is 16.7 Å². The monoisotopic (exact) mass is 608 g/mol. The summed E-state index contributed by atoms with van der Waals surface area (Å²) in [5.41, 5.74) is -8.86. The summed E-state index contributed by atoms with van der Waals surface area (Å²) in [4.78, 5) is 0. The van der Waals surface area contributed by atoms with Crippen LogP contribution in [-0.4, -0.2) is 13.0 Å². The Hall–Kier alpha value is -3.75. The zero-order chi connectivity index (χ0) is 29.7. The second-order valence-electron chi connectivity index (χ2n) is 9.14. The molecule has 41 heavy (non-hydrogen) atoms. The standard InChI is InChI=1S/C31H17Cl2F7O/c1-41-25-15-19(9-12-23(25)35)30(38)27(16-5-3-2-4-6-16)26(17-8-11-22(34)21(33)13-17)29(37)28(31(30,39)40)18-7-10-20(32)24(36)14-18/h2-15H,1H3. The lowest BCUT2D eigenvalue weighted by molar-refractivity contribution is -0.0630. The molecule has 1 unspecified atom stereocenters. The highest BCUT2D eigenvalue weighted by Gasteiger charge is 2.65. The highest BCUT2D eigenvalue weighted by atomic mass is 35.5. The van der Waals surface area contributed by atoms with Crippen LogP contribution < -0.4 is 4.74 Å². The van der Waals surface area contributed by atoms with E-state index < -0.39 is 78.5 Å². The molecule has 0 N–H and O–H groups in total. The molecule has 4 aromatic rings. The van der Waals surface area contributed by atoms with Crippen molar-refractivity contribution in [2.45, 2.75) is 11.6 Å². The first-order chi connectivity index (χ1) is 19.4. The molecule has 1 atom stereocenters. The average molecular weight is 609 g/mol. The highest BCUT2D eigenvalue weighted by Crippen LogP contribution is 2.63. The number of rotatable bonds is 5. The average Bonchev–Trinajstić information content (AvgIpc) is 2.94. The minimum absolute atomic E-state index is 0.162. The van der Waals surface area contributed by atoms with Gasteiger partial charge in [0.2, 0.25) is 5.67 Å². The van der Waals surface area contributed by atoms with E-state index in [0.29, 0.717) is 6.07 Å². The first-order valence-electron chi connectivity index (χ1n) is 11.9. The molecule has 0 spiro atoms. The van der Waals surface area contributed by atoms with Gasteiger partial charge in [0, 0.05) is 16.7 Å². The molecule has 1 aliphatic carbocycles. The molecule has 10 heteroatoms. The van der Waals surface area contributed by atoms with Crippen molar-refractivity contribution in [1.29, 1.82) is 0 Å².